The van der Waals surface area contributed by atoms with Crippen LogP contribution in [0.15, 0.2) is 41.0 Å². The molecule has 42 heavy (non-hydrogen) atoms. The second-order valence-electron chi connectivity index (χ2n) is 12.2. The van der Waals surface area contributed by atoms with Crippen LogP contribution in [-0.4, -0.2) is 59.5 Å². The fourth-order valence-corrected chi connectivity index (χ4v) is 5.12. The van der Waals surface area contributed by atoms with E-state index in [1.807, 2.05) is 44.2 Å². The molecule has 226 valence electrons. The smallest absolute Gasteiger partial charge is 0.325 e. The zero-order chi connectivity index (χ0) is 30.6. The molecule has 0 aromatic heterocycles. The summed E-state index contributed by atoms with van der Waals surface area (Å²) in [6.45, 7) is 11.0. The Kier molecular flexibility index (Phi) is 9.66. The van der Waals surface area contributed by atoms with Gasteiger partial charge in [-0.1, -0.05) is 50.3 Å². The summed E-state index contributed by atoms with van der Waals surface area (Å²) in [4.78, 5) is 58.0. The van der Waals surface area contributed by atoms with E-state index in [0.717, 1.165) is 29.0 Å². The number of nitrogens with zero attached hydrogens (tertiary/aromatic N) is 2. The van der Waals surface area contributed by atoms with Crippen LogP contribution in [0.25, 0.3) is 12.2 Å². The highest BCUT2D eigenvalue weighted by atomic mass is 16.5. The minimum Gasteiger partial charge on any atom is -0.455 e. The van der Waals surface area contributed by atoms with Crippen LogP contribution in [0.1, 0.15) is 72.8 Å². The number of allylic oxidation sites excluding steroid dienone is 1. The highest BCUT2D eigenvalue weighted by Gasteiger charge is 2.35. The summed E-state index contributed by atoms with van der Waals surface area (Å²) in [6.07, 6.45) is 9.88. The number of hydrazine groups is 1. The average molecular weight is 578 g/mol. The van der Waals surface area contributed by atoms with Gasteiger partial charge in [-0.25, -0.2) is 10.4 Å². The van der Waals surface area contributed by atoms with Crippen molar-refractivity contribution in [3.05, 3.63) is 52.2 Å². The quantitative estimate of drug-likeness (QED) is 0.438. The van der Waals surface area contributed by atoms with E-state index in [1.165, 1.54) is 5.01 Å². The van der Waals surface area contributed by atoms with E-state index in [1.54, 1.807) is 33.8 Å². The summed E-state index contributed by atoms with van der Waals surface area (Å²) in [6, 6.07) is 3.49. The van der Waals surface area contributed by atoms with Crippen molar-refractivity contribution in [2.75, 3.05) is 6.54 Å². The predicted octanol–water partition coefficient (Wildman–Crippen LogP) is 1.89. The molecule has 3 heterocycles. The molecule has 0 saturated carbocycles. The fraction of sp³-hybridized carbons (Fsp3) is 0.531. The van der Waals surface area contributed by atoms with Crippen molar-refractivity contribution >= 4 is 35.8 Å². The van der Waals surface area contributed by atoms with E-state index in [2.05, 4.69) is 22.1 Å². The van der Waals surface area contributed by atoms with Gasteiger partial charge in [-0.3, -0.25) is 24.2 Å². The van der Waals surface area contributed by atoms with Crippen LogP contribution in [0, 0.1) is 11.3 Å². The van der Waals surface area contributed by atoms with Gasteiger partial charge < -0.3 is 15.4 Å². The molecular weight excluding hydrogens is 534 g/mol. The van der Waals surface area contributed by atoms with Gasteiger partial charge in [0.25, 0.3) is 5.91 Å². The van der Waals surface area contributed by atoms with Crippen molar-refractivity contribution in [3.63, 3.8) is 0 Å². The Morgan fingerprint density at radius 2 is 1.79 bits per heavy atom. The second kappa shape index (κ2) is 13.0. The van der Waals surface area contributed by atoms with Crippen LogP contribution in [-0.2, 0) is 23.9 Å². The molecule has 0 spiro atoms. The molecular formula is C32H43N5O5. The number of hydrogen-bond donors (Lipinski definition) is 3. The summed E-state index contributed by atoms with van der Waals surface area (Å²) < 4.78 is 5.85. The number of carbonyl (C=O) groups is 4. The zero-order valence-electron chi connectivity index (χ0n) is 25.4. The predicted molar refractivity (Wildman–Crippen MR) is 160 cm³/mol. The number of nitrogens with one attached hydrogen (secondary N) is 3. The Labute approximate surface area is 247 Å². The Balaban J connectivity index is 1.74. The lowest BCUT2D eigenvalue weighted by molar-refractivity contribution is -0.155. The third-order valence-electron chi connectivity index (χ3n) is 7.88. The third kappa shape index (κ3) is 7.34. The Bertz CT molecular complexity index is 1410. The first kappa shape index (κ1) is 31.2. The molecule has 0 aliphatic carbocycles. The van der Waals surface area contributed by atoms with E-state index in [0.29, 0.717) is 25.1 Å². The zero-order valence-corrected chi connectivity index (χ0v) is 25.4. The number of ether oxygens (including phenoxy) is 1. The summed E-state index contributed by atoms with van der Waals surface area (Å²) in [5.41, 5.74) is 3.59. The molecule has 10 nitrogen and oxygen atoms in total. The first-order chi connectivity index (χ1) is 19.9. The van der Waals surface area contributed by atoms with Gasteiger partial charge in [-0.2, -0.15) is 0 Å². The molecule has 10 heteroatoms. The molecule has 1 saturated heterocycles. The van der Waals surface area contributed by atoms with E-state index in [9.17, 15) is 19.2 Å². The number of amides is 3. The van der Waals surface area contributed by atoms with Crippen molar-refractivity contribution < 1.29 is 23.9 Å². The van der Waals surface area contributed by atoms with Gasteiger partial charge in [0.15, 0.2) is 0 Å². The third-order valence-corrected chi connectivity index (χ3v) is 7.88. The van der Waals surface area contributed by atoms with Crippen molar-refractivity contribution in [1.29, 1.82) is 0 Å². The van der Waals surface area contributed by atoms with Crippen molar-refractivity contribution in [3.8, 4) is 0 Å². The number of fused-ring (bicyclic) bond motifs is 4. The van der Waals surface area contributed by atoms with Gasteiger partial charge in [0.2, 0.25) is 11.8 Å². The SMILES string of the molecule is CC1NC(=O)C(C(C)C)NC(=O)C(C)(C)C=Cc2ccc3c(c2)=NC(=CCCC=3)C(C)OC(=O)C2CCCN(N2)C1=O. The second-order valence-corrected chi connectivity index (χ2v) is 12.2. The largest absolute Gasteiger partial charge is 0.455 e. The standard InChI is InChI=1S/C32H43N5O5/c1-19(2)27-28(38)33-20(3)29(39)37-17-9-12-25(36-37)30(40)42-21(4)24-11-8-7-10-23-14-13-22(18-26(23)34-24)15-16-32(5,6)31(41)35-27/h10-11,13-16,18-21,25,27,36H,7-9,12,17H2,1-6H3,(H,33,38)(H,35,41). The fourth-order valence-electron chi connectivity index (χ4n) is 5.12. The highest BCUT2D eigenvalue weighted by molar-refractivity contribution is 5.94. The molecule has 3 N–H and O–H groups in total. The van der Waals surface area contributed by atoms with Crippen LogP contribution in [0.4, 0.5) is 0 Å². The molecule has 1 aromatic rings. The molecule has 4 rings (SSSR count). The summed E-state index contributed by atoms with van der Waals surface area (Å²) in [5.74, 6) is -1.82. The van der Waals surface area contributed by atoms with Gasteiger partial charge in [0.1, 0.15) is 24.2 Å². The molecule has 4 unspecified atom stereocenters. The first-order valence-corrected chi connectivity index (χ1v) is 14.8. The molecule has 3 aliphatic rings. The van der Waals surface area contributed by atoms with E-state index in [4.69, 9.17) is 9.73 Å². The van der Waals surface area contributed by atoms with Crippen LogP contribution in [0.2, 0.25) is 0 Å². The Hall–Kier alpha value is -3.79. The van der Waals surface area contributed by atoms with Gasteiger partial charge >= 0.3 is 5.97 Å². The van der Waals surface area contributed by atoms with E-state index >= 15 is 0 Å². The normalized spacial score (nSPS) is 27.3. The van der Waals surface area contributed by atoms with Gasteiger partial charge in [-0.05, 0) is 76.1 Å². The maximum absolute atomic E-state index is 13.4. The minimum atomic E-state index is -0.929. The van der Waals surface area contributed by atoms with E-state index < -0.39 is 41.5 Å². The van der Waals surface area contributed by atoms with Gasteiger partial charge in [0, 0.05) is 6.54 Å². The minimum absolute atomic E-state index is 0.222. The molecule has 1 fully saturated rings. The highest BCUT2D eigenvalue weighted by Crippen LogP contribution is 2.21. The number of hydrogen-bond acceptors (Lipinski definition) is 7. The van der Waals surface area contributed by atoms with Gasteiger partial charge in [-0.15, -0.1) is 0 Å². The number of rotatable bonds is 1. The summed E-state index contributed by atoms with van der Waals surface area (Å²) in [7, 11) is 0. The Morgan fingerprint density at radius 3 is 2.52 bits per heavy atom. The van der Waals surface area contributed by atoms with Crippen LogP contribution in [0.5, 0.6) is 0 Å². The number of benzene rings is 1. The topological polar surface area (TPSA) is 129 Å². The van der Waals surface area contributed by atoms with Crippen molar-refractivity contribution in [2.45, 2.75) is 91.5 Å². The molecule has 5 bridgehead atoms. The molecule has 0 radical (unpaired) electrons. The lowest BCUT2D eigenvalue weighted by Gasteiger charge is -2.35. The number of cyclic esters (lactones) is 1. The molecule has 3 amide bonds. The van der Waals surface area contributed by atoms with Gasteiger partial charge in [0.05, 0.1) is 16.5 Å². The lowest BCUT2D eigenvalue weighted by atomic mass is 9.89. The maximum Gasteiger partial charge on any atom is 0.325 e. The van der Waals surface area contributed by atoms with E-state index in [-0.39, 0.29) is 17.7 Å². The van der Waals surface area contributed by atoms with Crippen LogP contribution < -0.4 is 26.6 Å². The van der Waals surface area contributed by atoms with Crippen LogP contribution in [0.3, 0.4) is 0 Å². The summed E-state index contributed by atoms with van der Waals surface area (Å²) in [5, 5.41) is 8.74. The Morgan fingerprint density at radius 1 is 1.05 bits per heavy atom. The lowest BCUT2D eigenvalue weighted by Crippen LogP contribution is -2.61. The number of carbonyl (C=O) groups excluding carboxylic acids is 4. The molecule has 4 atom stereocenters. The molecule has 1 aromatic carbocycles. The first-order valence-electron chi connectivity index (χ1n) is 14.8. The monoisotopic (exact) mass is 577 g/mol. The van der Waals surface area contributed by atoms with Crippen LogP contribution >= 0.6 is 0 Å². The number of esters is 1. The van der Waals surface area contributed by atoms with Crippen molar-refractivity contribution in [2.24, 2.45) is 16.3 Å². The average Bonchev–Trinajstić information content (AvgIpc) is 2.93. The maximum atomic E-state index is 13.4. The molecule has 3 aliphatic heterocycles. The van der Waals surface area contributed by atoms with Crippen molar-refractivity contribution in [1.82, 2.24) is 21.1 Å². The summed E-state index contributed by atoms with van der Waals surface area (Å²) >= 11 is 0.